The number of H-pyrrole nitrogens is 1. The van der Waals surface area contributed by atoms with Crippen LogP contribution in [0, 0.1) is 5.92 Å². The minimum Gasteiger partial charge on any atom is -0.481 e. The van der Waals surface area contributed by atoms with E-state index in [1.807, 2.05) is 0 Å². The first-order valence-corrected chi connectivity index (χ1v) is 11.8. The van der Waals surface area contributed by atoms with E-state index in [0.29, 0.717) is 31.5 Å². The Balaban J connectivity index is 3.08. The molecule has 14 heteroatoms. The number of nitrogens with two attached hydrogens (primary N) is 2. The lowest BCUT2D eigenvalue weighted by molar-refractivity contribution is -0.143. The summed E-state index contributed by atoms with van der Waals surface area (Å²) in [7, 11) is 0. The molecule has 0 aliphatic carbocycles. The summed E-state index contributed by atoms with van der Waals surface area (Å²) in [5, 5.41) is 25.9. The van der Waals surface area contributed by atoms with Crippen molar-refractivity contribution in [1.82, 2.24) is 25.9 Å². The number of hydrogen-bond acceptors (Lipinski definition) is 8. The molecule has 3 amide bonds. The monoisotopic (exact) mass is 511 g/mol. The highest BCUT2D eigenvalue weighted by atomic mass is 16.4. The fourth-order valence-electron chi connectivity index (χ4n) is 3.36. The largest absolute Gasteiger partial charge is 0.481 e. The molecule has 0 bridgehead atoms. The smallest absolute Gasteiger partial charge is 0.326 e. The van der Waals surface area contributed by atoms with Gasteiger partial charge in [0.2, 0.25) is 17.7 Å². The van der Waals surface area contributed by atoms with E-state index in [4.69, 9.17) is 16.6 Å². The molecule has 36 heavy (non-hydrogen) atoms. The summed E-state index contributed by atoms with van der Waals surface area (Å²) >= 11 is 0. The number of aliphatic carboxylic acids is 2. The highest BCUT2D eigenvalue weighted by Crippen LogP contribution is 2.10. The number of nitrogens with zero attached hydrogens (tertiary/aromatic N) is 1. The van der Waals surface area contributed by atoms with Crippen LogP contribution in [-0.4, -0.2) is 80.6 Å². The average Bonchev–Trinajstić information content (AvgIpc) is 3.33. The fourth-order valence-corrected chi connectivity index (χ4v) is 3.36. The van der Waals surface area contributed by atoms with E-state index in [0.717, 1.165) is 0 Å². The topological polar surface area (TPSA) is 243 Å². The maximum absolute atomic E-state index is 13.1. The van der Waals surface area contributed by atoms with E-state index >= 15 is 0 Å². The zero-order valence-corrected chi connectivity index (χ0v) is 20.5. The van der Waals surface area contributed by atoms with E-state index in [9.17, 15) is 29.1 Å². The van der Waals surface area contributed by atoms with Gasteiger partial charge in [-0.2, -0.15) is 0 Å². The van der Waals surface area contributed by atoms with Crippen molar-refractivity contribution in [3.63, 3.8) is 0 Å². The molecule has 202 valence electrons. The van der Waals surface area contributed by atoms with Crippen LogP contribution in [0.4, 0.5) is 0 Å². The quantitative estimate of drug-likeness (QED) is 0.112. The van der Waals surface area contributed by atoms with Gasteiger partial charge in [-0.3, -0.25) is 19.2 Å². The third kappa shape index (κ3) is 10.4. The standard InChI is InChI=1S/C22H37N7O7/c1-3-12(2)18(22(35)36)29-21(34)16(8-13-10-25-11-26-13)28-20(33)15(6-4-5-7-23)27-19(32)14(24)9-17(30)31/h10-12,14-16,18H,3-9,23-24H2,1-2H3,(H,25,26)(H,27,32)(H,28,33)(H,29,34)(H,30,31)(H,35,36). The summed E-state index contributed by atoms with van der Waals surface area (Å²) in [5.41, 5.74) is 11.6. The number of carboxylic acids is 2. The number of aromatic amines is 1. The summed E-state index contributed by atoms with van der Waals surface area (Å²) in [6, 6.07) is -4.85. The molecule has 0 fully saturated rings. The number of hydrogen-bond donors (Lipinski definition) is 8. The van der Waals surface area contributed by atoms with Crippen LogP contribution in [0.15, 0.2) is 12.5 Å². The van der Waals surface area contributed by atoms with Crippen molar-refractivity contribution in [3.05, 3.63) is 18.2 Å². The van der Waals surface area contributed by atoms with Crippen LogP contribution in [0.5, 0.6) is 0 Å². The number of imidazole rings is 1. The molecule has 0 aromatic carbocycles. The predicted octanol–water partition coefficient (Wildman–Crippen LogP) is -1.53. The Bertz CT molecular complexity index is 878. The molecule has 0 aliphatic heterocycles. The molecule has 0 aliphatic rings. The Hall–Kier alpha value is -3.52. The van der Waals surface area contributed by atoms with Crippen molar-refractivity contribution in [1.29, 1.82) is 0 Å². The van der Waals surface area contributed by atoms with Gasteiger partial charge in [0.15, 0.2) is 0 Å². The molecule has 1 rings (SSSR count). The zero-order chi connectivity index (χ0) is 27.3. The molecule has 1 aromatic heterocycles. The van der Waals surface area contributed by atoms with Crippen molar-refractivity contribution >= 4 is 29.7 Å². The Morgan fingerprint density at radius 3 is 2.19 bits per heavy atom. The van der Waals surface area contributed by atoms with Crippen molar-refractivity contribution in [2.24, 2.45) is 17.4 Å². The Morgan fingerprint density at radius 1 is 1.03 bits per heavy atom. The first-order valence-electron chi connectivity index (χ1n) is 11.8. The number of rotatable bonds is 17. The number of carbonyl (C=O) groups is 5. The van der Waals surface area contributed by atoms with Gasteiger partial charge < -0.3 is 42.6 Å². The van der Waals surface area contributed by atoms with E-state index < -0.39 is 60.2 Å². The maximum Gasteiger partial charge on any atom is 0.326 e. The minimum absolute atomic E-state index is 0.0214. The molecule has 5 unspecified atom stereocenters. The lowest BCUT2D eigenvalue weighted by Gasteiger charge is -2.26. The van der Waals surface area contributed by atoms with Crippen LogP contribution in [-0.2, 0) is 30.4 Å². The number of nitrogens with one attached hydrogen (secondary N) is 4. The molecular formula is C22H37N7O7. The highest BCUT2D eigenvalue weighted by Gasteiger charge is 2.32. The van der Waals surface area contributed by atoms with Gasteiger partial charge in [-0.25, -0.2) is 9.78 Å². The number of amides is 3. The second-order valence-corrected chi connectivity index (χ2v) is 8.60. The molecule has 5 atom stereocenters. The van der Waals surface area contributed by atoms with Crippen LogP contribution in [0.2, 0.25) is 0 Å². The van der Waals surface area contributed by atoms with Crippen molar-refractivity contribution in [2.45, 2.75) is 76.5 Å². The van der Waals surface area contributed by atoms with Crippen LogP contribution < -0.4 is 27.4 Å². The van der Waals surface area contributed by atoms with E-state index in [-0.39, 0.29) is 18.8 Å². The lowest BCUT2D eigenvalue weighted by Crippen LogP contribution is -2.58. The van der Waals surface area contributed by atoms with Gasteiger partial charge in [-0.15, -0.1) is 0 Å². The van der Waals surface area contributed by atoms with Crippen LogP contribution in [0.3, 0.4) is 0 Å². The first-order chi connectivity index (χ1) is 17.0. The Labute approximate surface area is 209 Å². The third-order valence-corrected chi connectivity index (χ3v) is 5.70. The van der Waals surface area contributed by atoms with Gasteiger partial charge >= 0.3 is 11.9 Å². The lowest BCUT2D eigenvalue weighted by atomic mass is 9.98. The van der Waals surface area contributed by atoms with E-state index in [2.05, 4.69) is 25.9 Å². The summed E-state index contributed by atoms with van der Waals surface area (Å²) in [4.78, 5) is 67.8. The van der Waals surface area contributed by atoms with Gasteiger partial charge in [0, 0.05) is 18.3 Å². The van der Waals surface area contributed by atoms with Gasteiger partial charge in [0.25, 0.3) is 0 Å². The van der Waals surface area contributed by atoms with E-state index in [1.54, 1.807) is 13.8 Å². The Kier molecular flexibility index (Phi) is 13.1. The molecule has 0 radical (unpaired) electrons. The summed E-state index contributed by atoms with van der Waals surface area (Å²) in [6.07, 6.45) is 3.90. The van der Waals surface area contributed by atoms with Crippen molar-refractivity contribution < 1.29 is 34.2 Å². The highest BCUT2D eigenvalue weighted by molar-refractivity contribution is 5.94. The second kappa shape index (κ2) is 15.5. The van der Waals surface area contributed by atoms with Crippen LogP contribution in [0.25, 0.3) is 0 Å². The molecule has 0 saturated carbocycles. The molecule has 10 N–H and O–H groups in total. The molecule has 0 saturated heterocycles. The molecule has 14 nitrogen and oxygen atoms in total. The van der Waals surface area contributed by atoms with Gasteiger partial charge in [-0.05, 0) is 31.7 Å². The van der Waals surface area contributed by atoms with Crippen LogP contribution >= 0.6 is 0 Å². The summed E-state index contributed by atoms with van der Waals surface area (Å²) < 4.78 is 0. The number of unbranched alkanes of at least 4 members (excludes halogenated alkanes) is 1. The zero-order valence-electron chi connectivity index (χ0n) is 20.5. The minimum atomic E-state index is -1.37. The SMILES string of the molecule is CCC(C)C(NC(=O)C(Cc1cnc[nH]1)NC(=O)C(CCCCN)NC(=O)C(N)CC(=O)O)C(=O)O. The van der Waals surface area contributed by atoms with Gasteiger partial charge in [0.05, 0.1) is 18.8 Å². The number of carbonyl (C=O) groups excluding carboxylic acids is 3. The van der Waals surface area contributed by atoms with Crippen LogP contribution in [0.1, 0.15) is 51.6 Å². The van der Waals surface area contributed by atoms with E-state index in [1.165, 1.54) is 12.5 Å². The fraction of sp³-hybridized carbons (Fsp3) is 0.636. The van der Waals surface area contributed by atoms with Gasteiger partial charge in [-0.1, -0.05) is 20.3 Å². The predicted molar refractivity (Wildman–Crippen MR) is 128 cm³/mol. The number of carboxylic acid groups (broad SMARTS) is 2. The molecule has 1 heterocycles. The summed E-state index contributed by atoms with van der Waals surface area (Å²) in [5.74, 6) is -5.11. The maximum atomic E-state index is 13.1. The normalized spacial score (nSPS) is 15.1. The molecule has 0 spiro atoms. The number of aromatic nitrogens is 2. The van der Waals surface area contributed by atoms with Crippen molar-refractivity contribution in [2.75, 3.05) is 6.54 Å². The first kappa shape index (κ1) is 30.5. The molecular weight excluding hydrogens is 474 g/mol. The summed E-state index contributed by atoms with van der Waals surface area (Å²) in [6.45, 7) is 3.84. The second-order valence-electron chi connectivity index (χ2n) is 8.60. The van der Waals surface area contributed by atoms with Crippen molar-refractivity contribution in [3.8, 4) is 0 Å². The molecule has 1 aromatic rings. The Morgan fingerprint density at radius 2 is 1.67 bits per heavy atom. The van der Waals surface area contributed by atoms with Gasteiger partial charge in [0.1, 0.15) is 18.1 Å². The third-order valence-electron chi connectivity index (χ3n) is 5.70. The average molecular weight is 512 g/mol.